The molecular weight excluding hydrogens is 302 g/mol. The number of benzene rings is 2. The molecule has 1 fully saturated rings. The Labute approximate surface area is 121 Å². The van der Waals surface area contributed by atoms with Gasteiger partial charge in [-0.05, 0) is 48.2 Å². The molecule has 1 atom stereocenters. The summed E-state index contributed by atoms with van der Waals surface area (Å²) in [6.45, 7) is 0. The molecule has 1 saturated carbocycles. The van der Waals surface area contributed by atoms with E-state index in [1.165, 1.54) is 12.8 Å². The maximum Gasteiger partial charge on any atom is 0.119 e. The van der Waals surface area contributed by atoms with E-state index < -0.39 is 0 Å². The minimum atomic E-state index is -0.0944. The Morgan fingerprint density at radius 1 is 0.947 bits per heavy atom. The lowest BCUT2D eigenvalue weighted by Crippen LogP contribution is -2.11. The molecule has 0 heterocycles. The maximum absolute atomic E-state index is 6.27. The van der Waals surface area contributed by atoms with E-state index >= 15 is 0 Å². The molecule has 1 unspecified atom stereocenters. The molecule has 19 heavy (non-hydrogen) atoms. The minimum absolute atomic E-state index is 0.0944. The molecule has 98 valence electrons. The van der Waals surface area contributed by atoms with Crippen LogP contribution in [-0.2, 0) is 0 Å². The van der Waals surface area contributed by atoms with Crippen molar-refractivity contribution in [1.29, 1.82) is 0 Å². The van der Waals surface area contributed by atoms with Crippen LogP contribution in [0.25, 0.3) is 0 Å². The lowest BCUT2D eigenvalue weighted by molar-refractivity contribution is 0.303. The molecule has 2 nitrogen and oxygen atoms in total. The van der Waals surface area contributed by atoms with Crippen LogP contribution in [0.2, 0.25) is 0 Å². The molecule has 0 aliphatic heterocycles. The summed E-state index contributed by atoms with van der Waals surface area (Å²) in [7, 11) is 0. The summed E-state index contributed by atoms with van der Waals surface area (Å²) in [5, 5.41) is 0. The number of rotatable bonds is 4. The van der Waals surface area contributed by atoms with Crippen molar-refractivity contribution >= 4 is 15.9 Å². The first-order chi connectivity index (χ1) is 9.22. The van der Waals surface area contributed by atoms with Crippen LogP contribution in [0.4, 0.5) is 0 Å². The number of ether oxygens (including phenoxy) is 1. The van der Waals surface area contributed by atoms with Gasteiger partial charge in [-0.3, -0.25) is 0 Å². The van der Waals surface area contributed by atoms with Crippen molar-refractivity contribution in [3.8, 4) is 5.75 Å². The van der Waals surface area contributed by atoms with Crippen LogP contribution in [0.1, 0.15) is 30.0 Å². The molecule has 0 bridgehead atoms. The summed E-state index contributed by atoms with van der Waals surface area (Å²) in [4.78, 5) is 0. The standard InChI is InChI=1S/C16H16BrNO/c17-13-5-1-11(2-6-13)16(18)12-3-7-14(8-4-12)19-15-9-10-15/h1-8,15-16H,9-10,18H2. The molecule has 2 aromatic rings. The molecule has 0 radical (unpaired) electrons. The number of nitrogens with two attached hydrogens (primary N) is 1. The lowest BCUT2D eigenvalue weighted by atomic mass is 10.00. The summed E-state index contributed by atoms with van der Waals surface area (Å²) in [6.07, 6.45) is 2.80. The molecule has 0 amide bonds. The fourth-order valence-electron chi connectivity index (χ4n) is 1.99. The Morgan fingerprint density at radius 2 is 1.47 bits per heavy atom. The molecule has 0 spiro atoms. The van der Waals surface area contributed by atoms with Crippen molar-refractivity contribution in [3.63, 3.8) is 0 Å². The van der Waals surface area contributed by atoms with Crippen LogP contribution in [0, 0.1) is 0 Å². The third kappa shape index (κ3) is 3.17. The third-order valence-corrected chi connectivity index (χ3v) is 3.82. The van der Waals surface area contributed by atoms with Gasteiger partial charge in [-0.25, -0.2) is 0 Å². The van der Waals surface area contributed by atoms with Crippen molar-refractivity contribution in [2.24, 2.45) is 5.73 Å². The average molecular weight is 318 g/mol. The number of hydrogen-bond donors (Lipinski definition) is 1. The van der Waals surface area contributed by atoms with Gasteiger partial charge in [-0.15, -0.1) is 0 Å². The highest BCUT2D eigenvalue weighted by Crippen LogP contribution is 2.28. The van der Waals surface area contributed by atoms with E-state index in [0.717, 1.165) is 21.3 Å². The fraction of sp³-hybridized carbons (Fsp3) is 0.250. The van der Waals surface area contributed by atoms with E-state index in [1.807, 2.05) is 48.5 Å². The minimum Gasteiger partial charge on any atom is -0.490 e. The quantitative estimate of drug-likeness (QED) is 0.923. The second-order valence-electron chi connectivity index (χ2n) is 4.92. The van der Waals surface area contributed by atoms with Gasteiger partial charge in [0.05, 0.1) is 12.1 Å². The van der Waals surface area contributed by atoms with E-state index in [1.54, 1.807) is 0 Å². The Kier molecular flexibility index (Phi) is 3.58. The van der Waals surface area contributed by atoms with E-state index in [4.69, 9.17) is 10.5 Å². The van der Waals surface area contributed by atoms with Crippen LogP contribution in [0.3, 0.4) is 0 Å². The van der Waals surface area contributed by atoms with E-state index in [-0.39, 0.29) is 6.04 Å². The SMILES string of the molecule is NC(c1ccc(Br)cc1)c1ccc(OC2CC2)cc1. The largest absolute Gasteiger partial charge is 0.490 e. The second-order valence-corrected chi connectivity index (χ2v) is 5.83. The first-order valence-corrected chi connectivity index (χ1v) is 7.29. The molecule has 3 heteroatoms. The highest BCUT2D eigenvalue weighted by molar-refractivity contribution is 9.10. The summed E-state index contributed by atoms with van der Waals surface area (Å²) >= 11 is 3.43. The molecule has 2 N–H and O–H groups in total. The molecule has 1 aliphatic rings. The molecule has 1 aliphatic carbocycles. The van der Waals surface area contributed by atoms with Crippen LogP contribution < -0.4 is 10.5 Å². The summed E-state index contributed by atoms with van der Waals surface area (Å²) in [6, 6.07) is 16.1. The zero-order chi connectivity index (χ0) is 13.2. The number of hydrogen-bond acceptors (Lipinski definition) is 2. The monoisotopic (exact) mass is 317 g/mol. The van der Waals surface area contributed by atoms with Gasteiger partial charge in [0.15, 0.2) is 0 Å². The van der Waals surface area contributed by atoms with Crippen LogP contribution in [-0.4, -0.2) is 6.10 Å². The zero-order valence-corrected chi connectivity index (χ0v) is 12.1. The highest BCUT2D eigenvalue weighted by atomic mass is 79.9. The van der Waals surface area contributed by atoms with Gasteiger partial charge in [0.1, 0.15) is 5.75 Å². The zero-order valence-electron chi connectivity index (χ0n) is 10.6. The molecule has 2 aromatic carbocycles. The first-order valence-electron chi connectivity index (χ1n) is 6.50. The van der Waals surface area contributed by atoms with Crippen molar-refractivity contribution in [2.45, 2.75) is 25.0 Å². The van der Waals surface area contributed by atoms with Gasteiger partial charge in [0.25, 0.3) is 0 Å². The van der Waals surface area contributed by atoms with E-state index in [0.29, 0.717) is 6.10 Å². The van der Waals surface area contributed by atoms with Gasteiger partial charge in [-0.2, -0.15) is 0 Å². The van der Waals surface area contributed by atoms with Crippen LogP contribution in [0.5, 0.6) is 5.75 Å². The van der Waals surface area contributed by atoms with Crippen molar-refractivity contribution in [3.05, 3.63) is 64.1 Å². The maximum atomic E-state index is 6.27. The van der Waals surface area contributed by atoms with Crippen molar-refractivity contribution < 1.29 is 4.74 Å². The topological polar surface area (TPSA) is 35.2 Å². The Balaban J connectivity index is 1.75. The van der Waals surface area contributed by atoms with Gasteiger partial charge in [-0.1, -0.05) is 40.2 Å². The summed E-state index contributed by atoms with van der Waals surface area (Å²) < 4.78 is 6.80. The molecule has 3 rings (SSSR count). The number of halogens is 1. The Morgan fingerprint density at radius 3 is 2.00 bits per heavy atom. The Bertz CT molecular complexity index is 546. The Hall–Kier alpha value is -1.32. The highest BCUT2D eigenvalue weighted by Gasteiger charge is 2.23. The second kappa shape index (κ2) is 5.35. The molecular formula is C16H16BrNO. The van der Waals surface area contributed by atoms with Crippen molar-refractivity contribution in [2.75, 3.05) is 0 Å². The summed E-state index contributed by atoms with van der Waals surface area (Å²) in [5.74, 6) is 0.939. The smallest absolute Gasteiger partial charge is 0.119 e. The average Bonchev–Trinajstić information content (AvgIpc) is 3.24. The summed E-state index contributed by atoms with van der Waals surface area (Å²) in [5.41, 5.74) is 8.49. The van der Waals surface area contributed by atoms with Gasteiger partial charge >= 0.3 is 0 Å². The van der Waals surface area contributed by atoms with Crippen molar-refractivity contribution in [1.82, 2.24) is 0 Å². The van der Waals surface area contributed by atoms with Crippen LogP contribution >= 0.6 is 15.9 Å². The molecule has 0 saturated heterocycles. The predicted molar refractivity (Wildman–Crippen MR) is 80.3 cm³/mol. The lowest BCUT2D eigenvalue weighted by Gasteiger charge is -2.13. The van der Waals surface area contributed by atoms with Crippen LogP contribution in [0.15, 0.2) is 53.0 Å². The predicted octanol–water partition coefficient (Wildman–Crippen LogP) is 4.04. The van der Waals surface area contributed by atoms with Gasteiger partial charge in [0.2, 0.25) is 0 Å². The normalized spacial score (nSPS) is 16.1. The first kappa shape index (κ1) is 12.7. The van der Waals surface area contributed by atoms with Gasteiger partial charge < -0.3 is 10.5 Å². The fourth-order valence-corrected chi connectivity index (χ4v) is 2.26. The van der Waals surface area contributed by atoms with E-state index in [2.05, 4.69) is 15.9 Å². The molecule has 0 aromatic heterocycles. The van der Waals surface area contributed by atoms with Gasteiger partial charge in [0, 0.05) is 4.47 Å². The third-order valence-electron chi connectivity index (χ3n) is 3.30. The van der Waals surface area contributed by atoms with E-state index in [9.17, 15) is 0 Å².